The van der Waals surface area contributed by atoms with Gasteiger partial charge in [-0.05, 0) is 73.1 Å². The Hall–Kier alpha value is -2.40. The number of ether oxygens (including phenoxy) is 1. The number of benzene rings is 2. The SMILES string of the molecule is CCCCOc1ccc(C=NNC(=S)Nc2cccc(C)c2)cc1. The summed E-state index contributed by atoms with van der Waals surface area (Å²) in [6, 6.07) is 15.8. The molecule has 0 saturated carbocycles. The monoisotopic (exact) mass is 341 g/mol. The molecule has 0 aromatic heterocycles. The van der Waals surface area contributed by atoms with Crippen LogP contribution in [-0.4, -0.2) is 17.9 Å². The molecule has 5 heteroatoms. The highest BCUT2D eigenvalue weighted by Gasteiger charge is 1.97. The summed E-state index contributed by atoms with van der Waals surface area (Å²) < 4.78 is 5.63. The highest BCUT2D eigenvalue weighted by Crippen LogP contribution is 2.12. The van der Waals surface area contributed by atoms with Crippen LogP contribution in [0.5, 0.6) is 5.75 Å². The van der Waals surface area contributed by atoms with Gasteiger partial charge in [-0.25, -0.2) is 0 Å². The topological polar surface area (TPSA) is 45.6 Å². The number of aryl methyl sites for hydroxylation is 1. The molecule has 2 N–H and O–H groups in total. The lowest BCUT2D eigenvalue weighted by molar-refractivity contribution is 0.309. The molecular formula is C19H23N3OS. The number of nitrogens with one attached hydrogen (secondary N) is 2. The highest BCUT2D eigenvalue weighted by molar-refractivity contribution is 7.80. The molecule has 0 unspecified atom stereocenters. The molecule has 0 fully saturated rings. The first-order chi connectivity index (χ1) is 11.7. The third-order valence-corrected chi connectivity index (χ3v) is 3.50. The van der Waals surface area contributed by atoms with Crippen molar-refractivity contribution in [3.05, 3.63) is 59.7 Å². The van der Waals surface area contributed by atoms with Gasteiger partial charge in [-0.3, -0.25) is 5.43 Å². The quantitative estimate of drug-likeness (QED) is 0.337. The lowest BCUT2D eigenvalue weighted by Gasteiger charge is -2.07. The van der Waals surface area contributed by atoms with Gasteiger partial charge in [0.1, 0.15) is 5.75 Å². The van der Waals surface area contributed by atoms with E-state index in [-0.39, 0.29) is 0 Å². The summed E-state index contributed by atoms with van der Waals surface area (Å²) in [5, 5.41) is 7.69. The molecule has 2 rings (SSSR count). The zero-order valence-electron chi connectivity index (χ0n) is 14.1. The van der Waals surface area contributed by atoms with Crippen molar-refractivity contribution in [2.24, 2.45) is 5.10 Å². The van der Waals surface area contributed by atoms with Gasteiger partial charge < -0.3 is 10.1 Å². The van der Waals surface area contributed by atoms with Crippen LogP contribution in [0.2, 0.25) is 0 Å². The average Bonchev–Trinajstić information content (AvgIpc) is 2.56. The molecule has 126 valence electrons. The molecule has 2 aromatic carbocycles. The fourth-order valence-electron chi connectivity index (χ4n) is 2.03. The van der Waals surface area contributed by atoms with Crippen LogP contribution in [0.4, 0.5) is 5.69 Å². The van der Waals surface area contributed by atoms with Gasteiger partial charge in [0, 0.05) is 5.69 Å². The fraction of sp³-hybridized carbons (Fsp3) is 0.263. The maximum absolute atomic E-state index is 5.63. The predicted octanol–water partition coefficient (Wildman–Crippen LogP) is 4.49. The molecule has 0 radical (unpaired) electrons. The average molecular weight is 341 g/mol. The van der Waals surface area contributed by atoms with Gasteiger partial charge in [0.05, 0.1) is 12.8 Å². The minimum absolute atomic E-state index is 0.455. The van der Waals surface area contributed by atoms with Gasteiger partial charge in [-0.15, -0.1) is 0 Å². The first-order valence-corrected chi connectivity index (χ1v) is 8.48. The standard InChI is InChI=1S/C19H23N3OS/c1-3-4-12-23-18-10-8-16(9-11-18)14-20-22-19(24)21-17-7-5-6-15(2)13-17/h5-11,13-14H,3-4,12H2,1-2H3,(H2,21,22,24). The number of hydrogen-bond donors (Lipinski definition) is 2. The smallest absolute Gasteiger partial charge is 0.191 e. The molecule has 0 aliphatic rings. The van der Waals surface area contributed by atoms with Crippen molar-refractivity contribution in [3.63, 3.8) is 0 Å². The van der Waals surface area contributed by atoms with Gasteiger partial charge in [-0.1, -0.05) is 25.5 Å². The second-order valence-corrected chi connectivity index (χ2v) is 5.87. The number of hydrogen-bond acceptors (Lipinski definition) is 3. The Morgan fingerprint density at radius 2 is 2.00 bits per heavy atom. The predicted molar refractivity (Wildman–Crippen MR) is 105 cm³/mol. The van der Waals surface area contributed by atoms with Crippen molar-refractivity contribution in [2.45, 2.75) is 26.7 Å². The van der Waals surface area contributed by atoms with E-state index < -0.39 is 0 Å². The minimum Gasteiger partial charge on any atom is -0.494 e. The maximum atomic E-state index is 5.63. The number of thiocarbonyl (C=S) groups is 1. The molecular weight excluding hydrogens is 318 g/mol. The molecule has 0 atom stereocenters. The Balaban J connectivity index is 1.79. The van der Waals surface area contributed by atoms with E-state index in [9.17, 15) is 0 Å². The second kappa shape index (κ2) is 9.67. The summed E-state index contributed by atoms with van der Waals surface area (Å²) in [5.41, 5.74) is 5.90. The van der Waals surface area contributed by atoms with Gasteiger partial charge >= 0.3 is 0 Å². The molecule has 24 heavy (non-hydrogen) atoms. The summed E-state index contributed by atoms with van der Waals surface area (Å²) in [5.74, 6) is 0.880. The van der Waals surface area contributed by atoms with Crippen molar-refractivity contribution in [3.8, 4) is 5.75 Å². The molecule has 0 heterocycles. The molecule has 0 saturated heterocycles. The lowest BCUT2D eigenvalue weighted by atomic mass is 10.2. The molecule has 0 amide bonds. The fourth-order valence-corrected chi connectivity index (χ4v) is 2.20. The van der Waals surface area contributed by atoms with Crippen LogP contribution in [0, 0.1) is 6.92 Å². The third-order valence-electron chi connectivity index (χ3n) is 3.30. The van der Waals surface area contributed by atoms with E-state index in [0.29, 0.717) is 5.11 Å². The van der Waals surface area contributed by atoms with E-state index in [1.165, 1.54) is 5.56 Å². The molecule has 0 spiro atoms. The van der Waals surface area contributed by atoms with Crippen LogP contribution in [-0.2, 0) is 0 Å². The molecule has 4 nitrogen and oxygen atoms in total. The number of nitrogens with zero attached hydrogens (tertiary/aromatic N) is 1. The Morgan fingerprint density at radius 3 is 2.71 bits per heavy atom. The summed E-state index contributed by atoms with van der Waals surface area (Å²) in [6.45, 7) is 4.94. The van der Waals surface area contributed by atoms with E-state index in [0.717, 1.165) is 36.4 Å². The van der Waals surface area contributed by atoms with Crippen LogP contribution >= 0.6 is 12.2 Å². The van der Waals surface area contributed by atoms with Gasteiger partial charge in [0.2, 0.25) is 0 Å². The lowest BCUT2D eigenvalue weighted by Crippen LogP contribution is -2.23. The van der Waals surface area contributed by atoms with Gasteiger partial charge in [-0.2, -0.15) is 5.10 Å². The van der Waals surface area contributed by atoms with E-state index in [1.54, 1.807) is 6.21 Å². The third kappa shape index (κ3) is 6.38. The van der Waals surface area contributed by atoms with E-state index >= 15 is 0 Å². The molecule has 0 aliphatic heterocycles. The first kappa shape index (κ1) is 17.9. The Kier molecular flexibility index (Phi) is 7.23. The van der Waals surface area contributed by atoms with Crippen LogP contribution in [0.15, 0.2) is 53.6 Å². The van der Waals surface area contributed by atoms with Gasteiger partial charge in [0.15, 0.2) is 5.11 Å². The molecule has 2 aromatic rings. The number of rotatable bonds is 7. The first-order valence-electron chi connectivity index (χ1n) is 8.07. The zero-order chi connectivity index (χ0) is 17.2. The summed E-state index contributed by atoms with van der Waals surface area (Å²) in [4.78, 5) is 0. The number of hydrazone groups is 1. The zero-order valence-corrected chi connectivity index (χ0v) is 14.9. The van der Waals surface area contributed by atoms with Crippen molar-refractivity contribution >= 4 is 29.2 Å². The van der Waals surface area contributed by atoms with Crippen LogP contribution in [0.3, 0.4) is 0 Å². The summed E-state index contributed by atoms with van der Waals surface area (Å²) in [7, 11) is 0. The van der Waals surface area contributed by atoms with Crippen LogP contribution < -0.4 is 15.5 Å². The van der Waals surface area contributed by atoms with E-state index in [2.05, 4.69) is 22.8 Å². The molecule has 0 bridgehead atoms. The summed E-state index contributed by atoms with van der Waals surface area (Å²) in [6.07, 6.45) is 3.92. The van der Waals surface area contributed by atoms with Crippen molar-refractivity contribution in [1.82, 2.24) is 5.43 Å². The van der Waals surface area contributed by atoms with E-state index in [1.807, 2.05) is 55.5 Å². The van der Waals surface area contributed by atoms with Crippen LogP contribution in [0.1, 0.15) is 30.9 Å². The Bertz CT molecular complexity index is 683. The van der Waals surface area contributed by atoms with Crippen molar-refractivity contribution in [1.29, 1.82) is 0 Å². The highest BCUT2D eigenvalue weighted by atomic mass is 32.1. The minimum atomic E-state index is 0.455. The number of unbranched alkanes of at least 4 members (excludes halogenated alkanes) is 1. The maximum Gasteiger partial charge on any atom is 0.191 e. The Labute approximate surface area is 148 Å². The molecule has 0 aliphatic carbocycles. The Morgan fingerprint density at radius 1 is 1.21 bits per heavy atom. The largest absolute Gasteiger partial charge is 0.494 e. The number of anilines is 1. The van der Waals surface area contributed by atoms with E-state index in [4.69, 9.17) is 17.0 Å². The normalized spacial score (nSPS) is 10.6. The summed E-state index contributed by atoms with van der Waals surface area (Å²) >= 11 is 5.22. The van der Waals surface area contributed by atoms with Crippen molar-refractivity contribution < 1.29 is 4.74 Å². The van der Waals surface area contributed by atoms with Crippen LogP contribution in [0.25, 0.3) is 0 Å². The van der Waals surface area contributed by atoms with Gasteiger partial charge in [0.25, 0.3) is 0 Å². The van der Waals surface area contributed by atoms with Crippen molar-refractivity contribution in [2.75, 3.05) is 11.9 Å². The second-order valence-electron chi connectivity index (χ2n) is 5.46.